The lowest BCUT2D eigenvalue weighted by atomic mass is 9.85. The summed E-state index contributed by atoms with van der Waals surface area (Å²) in [6, 6.07) is 5.63. The second kappa shape index (κ2) is 6.36. The van der Waals surface area contributed by atoms with Gasteiger partial charge in [-0.25, -0.2) is 9.78 Å². The maximum absolute atomic E-state index is 13.1. The first kappa shape index (κ1) is 18.0. The SMILES string of the molecule is Cc1nc2ccc(C(=O)C3CC4CCC(C3)N4C(=O)OC(C)(C)C)cc2o1. The molecule has 2 aliphatic heterocycles. The van der Waals surface area contributed by atoms with E-state index >= 15 is 0 Å². The topological polar surface area (TPSA) is 72.6 Å². The minimum absolute atomic E-state index is 0.0670. The number of Topliss-reactive ketones (excluding diaryl/α,β-unsaturated/α-hetero) is 1. The molecule has 1 aromatic carbocycles. The van der Waals surface area contributed by atoms with Crippen LogP contribution in [0.4, 0.5) is 4.79 Å². The molecule has 2 unspecified atom stereocenters. The average Bonchev–Trinajstić information content (AvgIpc) is 3.07. The predicted molar refractivity (Wildman–Crippen MR) is 101 cm³/mol. The van der Waals surface area contributed by atoms with Gasteiger partial charge >= 0.3 is 6.09 Å². The lowest BCUT2D eigenvalue weighted by molar-refractivity contribution is 0.00254. The van der Waals surface area contributed by atoms with E-state index in [4.69, 9.17) is 9.15 Å². The molecule has 3 heterocycles. The van der Waals surface area contributed by atoms with E-state index in [9.17, 15) is 9.59 Å². The van der Waals surface area contributed by atoms with Crippen LogP contribution in [-0.2, 0) is 4.74 Å². The van der Waals surface area contributed by atoms with Crippen LogP contribution in [0.3, 0.4) is 0 Å². The van der Waals surface area contributed by atoms with Gasteiger partial charge in [0.2, 0.25) is 0 Å². The number of hydrogen-bond acceptors (Lipinski definition) is 5. The number of fused-ring (bicyclic) bond motifs is 3. The highest BCUT2D eigenvalue weighted by Crippen LogP contribution is 2.40. The van der Waals surface area contributed by atoms with Gasteiger partial charge in [0.25, 0.3) is 0 Å². The molecule has 2 fully saturated rings. The Bertz CT molecular complexity index is 881. The lowest BCUT2D eigenvalue weighted by Gasteiger charge is -2.39. The molecule has 2 bridgehead atoms. The highest BCUT2D eigenvalue weighted by molar-refractivity contribution is 6.00. The predicted octanol–water partition coefficient (Wildman–Crippen LogP) is 4.50. The Labute approximate surface area is 158 Å². The number of hydrogen-bond donors (Lipinski definition) is 0. The van der Waals surface area contributed by atoms with Crippen molar-refractivity contribution in [3.63, 3.8) is 0 Å². The molecule has 0 aliphatic carbocycles. The third-order valence-electron chi connectivity index (χ3n) is 5.49. The van der Waals surface area contributed by atoms with Crippen molar-refractivity contribution in [3.05, 3.63) is 29.7 Å². The van der Waals surface area contributed by atoms with E-state index in [-0.39, 0.29) is 29.9 Å². The van der Waals surface area contributed by atoms with Gasteiger partial charge in [-0.1, -0.05) is 0 Å². The Balaban J connectivity index is 1.50. The number of rotatable bonds is 2. The molecule has 4 rings (SSSR count). The molecular formula is C21H26N2O4. The molecule has 2 aromatic rings. The summed E-state index contributed by atoms with van der Waals surface area (Å²) in [5, 5.41) is 0. The van der Waals surface area contributed by atoms with E-state index in [1.807, 2.05) is 37.8 Å². The van der Waals surface area contributed by atoms with Crippen LogP contribution < -0.4 is 0 Å². The summed E-state index contributed by atoms with van der Waals surface area (Å²) in [6.07, 6.45) is 3.02. The molecule has 0 spiro atoms. The molecule has 27 heavy (non-hydrogen) atoms. The summed E-state index contributed by atoms with van der Waals surface area (Å²) >= 11 is 0. The lowest BCUT2D eigenvalue weighted by Crippen LogP contribution is -2.49. The van der Waals surface area contributed by atoms with E-state index in [1.54, 1.807) is 13.0 Å². The van der Waals surface area contributed by atoms with Crippen LogP contribution >= 0.6 is 0 Å². The first-order chi connectivity index (χ1) is 12.7. The van der Waals surface area contributed by atoms with E-state index in [1.165, 1.54) is 0 Å². The van der Waals surface area contributed by atoms with Crippen LogP contribution in [0, 0.1) is 12.8 Å². The number of carbonyl (C=O) groups is 2. The molecule has 2 aliphatic rings. The fraction of sp³-hybridized carbons (Fsp3) is 0.571. The smallest absolute Gasteiger partial charge is 0.410 e. The fourth-order valence-electron chi connectivity index (χ4n) is 4.43. The molecule has 6 heteroatoms. The first-order valence-corrected chi connectivity index (χ1v) is 9.64. The standard InChI is InChI=1S/C21H26N2O4/c1-12-22-17-8-5-13(11-18(17)26-12)19(24)14-9-15-6-7-16(10-14)23(15)20(25)27-21(2,3)4/h5,8,11,14-16H,6-7,9-10H2,1-4H3. The van der Waals surface area contributed by atoms with Gasteiger partial charge in [0.05, 0.1) is 0 Å². The van der Waals surface area contributed by atoms with Crippen LogP contribution in [-0.4, -0.2) is 39.4 Å². The third-order valence-corrected chi connectivity index (χ3v) is 5.49. The minimum atomic E-state index is -0.506. The quantitative estimate of drug-likeness (QED) is 0.728. The molecule has 2 atom stereocenters. The van der Waals surface area contributed by atoms with Crippen LogP contribution in [0.2, 0.25) is 0 Å². The summed E-state index contributed by atoms with van der Waals surface area (Å²) in [5.74, 6) is 0.660. The second-order valence-electron chi connectivity index (χ2n) is 8.72. The van der Waals surface area contributed by atoms with Gasteiger partial charge < -0.3 is 14.1 Å². The zero-order valence-corrected chi connectivity index (χ0v) is 16.3. The van der Waals surface area contributed by atoms with Gasteiger partial charge in [0.1, 0.15) is 11.1 Å². The Morgan fingerprint density at radius 1 is 1.19 bits per heavy atom. The summed E-state index contributed by atoms with van der Waals surface area (Å²) < 4.78 is 11.1. The number of amides is 1. The van der Waals surface area contributed by atoms with Gasteiger partial charge in [0.15, 0.2) is 17.3 Å². The Morgan fingerprint density at radius 3 is 2.48 bits per heavy atom. The molecule has 1 aromatic heterocycles. The number of aromatic nitrogens is 1. The number of ketones is 1. The van der Waals surface area contributed by atoms with Gasteiger partial charge in [-0.3, -0.25) is 4.79 Å². The Hall–Kier alpha value is -2.37. The number of oxazole rings is 1. The van der Waals surface area contributed by atoms with E-state index < -0.39 is 5.60 Å². The zero-order chi connectivity index (χ0) is 19.3. The molecule has 0 N–H and O–H groups in total. The van der Waals surface area contributed by atoms with Crippen LogP contribution in [0.1, 0.15) is 62.7 Å². The van der Waals surface area contributed by atoms with Crippen molar-refractivity contribution in [2.75, 3.05) is 0 Å². The summed E-state index contributed by atoms with van der Waals surface area (Å²) in [5.41, 5.74) is 1.57. The van der Waals surface area contributed by atoms with E-state index in [0.717, 1.165) is 18.4 Å². The average molecular weight is 370 g/mol. The molecule has 6 nitrogen and oxygen atoms in total. The highest BCUT2D eigenvalue weighted by atomic mass is 16.6. The first-order valence-electron chi connectivity index (χ1n) is 9.64. The number of aryl methyl sites for hydroxylation is 1. The van der Waals surface area contributed by atoms with Crippen molar-refractivity contribution < 1.29 is 18.7 Å². The highest BCUT2D eigenvalue weighted by Gasteiger charge is 2.46. The van der Waals surface area contributed by atoms with Gasteiger partial charge in [-0.05, 0) is 64.7 Å². The van der Waals surface area contributed by atoms with Gasteiger partial charge in [-0.15, -0.1) is 0 Å². The summed E-state index contributed by atoms with van der Waals surface area (Å²) in [7, 11) is 0. The van der Waals surface area contributed by atoms with Crippen molar-refractivity contribution in [1.82, 2.24) is 9.88 Å². The molecule has 2 saturated heterocycles. The largest absolute Gasteiger partial charge is 0.444 e. The number of nitrogens with zero attached hydrogens (tertiary/aromatic N) is 2. The minimum Gasteiger partial charge on any atom is -0.444 e. The number of benzene rings is 1. The summed E-state index contributed by atoms with van der Waals surface area (Å²) in [6.45, 7) is 7.44. The second-order valence-corrected chi connectivity index (χ2v) is 8.72. The Kier molecular flexibility index (Phi) is 4.24. The van der Waals surface area contributed by atoms with E-state index in [0.29, 0.717) is 29.9 Å². The van der Waals surface area contributed by atoms with Gasteiger partial charge in [-0.2, -0.15) is 0 Å². The molecule has 0 radical (unpaired) electrons. The number of carbonyl (C=O) groups excluding carboxylic acids is 2. The van der Waals surface area contributed by atoms with E-state index in [2.05, 4.69) is 4.98 Å². The monoisotopic (exact) mass is 370 g/mol. The third kappa shape index (κ3) is 3.45. The van der Waals surface area contributed by atoms with Crippen molar-refractivity contribution in [3.8, 4) is 0 Å². The van der Waals surface area contributed by atoms with Crippen molar-refractivity contribution in [1.29, 1.82) is 0 Å². The van der Waals surface area contributed by atoms with Gasteiger partial charge in [0, 0.05) is 30.5 Å². The van der Waals surface area contributed by atoms with Crippen molar-refractivity contribution in [2.24, 2.45) is 5.92 Å². The fourth-order valence-corrected chi connectivity index (χ4v) is 4.43. The van der Waals surface area contributed by atoms with Crippen LogP contribution in [0.15, 0.2) is 22.6 Å². The molecule has 1 amide bonds. The molecule has 0 saturated carbocycles. The molecular weight excluding hydrogens is 344 g/mol. The van der Waals surface area contributed by atoms with Crippen LogP contribution in [0.5, 0.6) is 0 Å². The summed E-state index contributed by atoms with van der Waals surface area (Å²) in [4.78, 5) is 31.8. The molecule has 144 valence electrons. The normalized spacial score (nSPS) is 25.0. The van der Waals surface area contributed by atoms with Crippen LogP contribution in [0.25, 0.3) is 11.1 Å². The van der Waals surface area contributed by atoms with Crippen molar-refractivity contribution >= 4 is 23.0 Å². The maximum atomic E-state index is 13.1. The number of piperidine rings is 1. The Morgan fingerprint density at radius 2 is 1.85 bits per heavy atom. The zero-order valence-electron chi connectivity index (χ0n) is 16.3. The van der Waals surface area contributed by atoms with Crippen molar-refractivity contribution in [2.45, 2.75) is 71.1 Å². The maximum Gasteiger partial charge on any atom is 0.410 e. The number of ether oxygens (including phenoxy) is 1.